The van der Waals surface area contributed by atoms with Gasteiger partial charge in [0.1, 0.15) is 0 Å². The van der Waals surface area contributed by atoms with Crippen LogP contribution in [-0.2, 0) is 4.79 Å². The molecule has 2 rings (SSSR count). The van der Waals surface area contributed by atoms with Crippen molar-refractivity contribution in [1.82, 2.24) is 9.97 Å². The summed E-state index contributed by atoms with van der Waals surface area (Å²) < 4.78 is 4.85. The van der Waals surface area contributed by atoms with E-state index >= 15 is 0 Å². The predicted molar refractivity (Wildman–Crippen MR) is 51.6 cm³/mol. The number of aliphatic hydroxyl groups is 1. The van der Waals surface area contributed by atoms with E-state index in [1.54, 1.807) is 0 Å². The van der Waals surface area contributed by atoms with Crippen LogP contribution in [0.25, 0.3) is 0 Å². The number of methoxy groups -OCH3 is 1. The minimum Gasteiger partial charge on any atom is -0.480 e. The smallest absolute Gasteiger partial charge is 0.232 e. The Morgan fingerprint density at radius 2 is 2.33 bits per heavy atom. The SMILES string of the molecule is COc1cnc(N2CC(O)CC2=O)cn1. The van der Waals surface area contributed by atoms with Crippen LogP contribution in [0.15, 0.2) is 12.4 Å². The zero-order valence-corrected chi connectivity index (χ0v) is 8.25. The third kappa shape index (κ3) is 1.89. The monoisotopic (exact) mass is 209 g/mol. The average Bonchev–Trinajstić information content (AvgIpc) is 2.58. The zero-order chi connectivity index (χ0) is 10.8. The van der Waals surface area contributed by atoms with Gasteiger partial charge in [0, 0.05) is 0 Å². The summed E-state index contributed by atoms with van der Waals surface area (Å²) in [6.07, 6.45) is 2.43. The Morgan fingerprint density at radius 1 is 1.53 bits per heavy atom. The summed E-state index contributed by atoms with van der Waals surface area (Å²) in [5.74, 6) is 0.699. The molecule has 6 nitrogen and oxygen atoms in total. The van der Waals surface area contributed by atoms with E-state index in [4.69, 9.17) is 4.74 Å². The number of ether oxygens (including phenoxy) is 1. The summed E-state index contributed by atoms with van der Waals surface area (Å²) in [7, 11) is 1.49. The van der Waals surface area contributed by atoms with Gasteiger partial charge in [-0.3, -0.25) is 9.69 Å². The summed E-state index contributed by atoms with van der Waals surface area (Å²) in [6.45, 7) is 0.278. The molecule has 0 aliphatic carbocycles. The molecule has 0 radical (unpaired) electrons. The second-order valence-corrected chi connectivity index (χ2v) is 3.28. The first-order chi connectivity index (χ1) is 7.20. The van der Waals surface area contributed by atoms with Gasteiger partial charge >= 0.3 is 0 Å². The molecule has 2 heterocycles. The molecular weight excluding hydrogens is 198 g/mol. The van der Waals surface area contributed by atoms with Gasteiger partial charge in [0.05, 0.1) is 38.6 Å². The first-order valence-electron chi connectivity index (χ1n) is 4.55. The van der Waals surface area contributed by atoms with Crippen LogP contribution < -0.4 is 9.64 Å². The highest BCUT2D eigenvalue weighted by Crippen LogP contribution is 2.19. The summed E-state index contributed by atoms with van der Waals surface area (Å²) in [6, 6.07) is 0. The molecule has 0 bridgehead atoms. The molecule has 1 unspecified atom stereocenters. The Labute approximate surface area is 86.5 Å². The molecule has 80 valence electrons. The molecule has 1 atom stereocenters. The summed E-state index contributed by atoms with van der Waals surface area (Å²) >= 11 is 0. The highest BCUT2D eigenvalue weighted by Gasteiger charge is 2.29. The van der Waals surface area contributed by atoms with Gasteiger partial charge in [-0.2, -0.15) is 0 Å². The Hall–Kier alpha value is -1.69. The molecule has 1 aromatic rings. The van der Waals surface area contributed by atoms with Crippen molar-refractivity contribution in [2.45, 2.75) is 12.5 Å². The van der Waals surface area contributed by atoms with Crippen LogP contribution in [0.3, 0.4) is 0 Å². The van der Waals surface area contributed by atoms with Crippen molar-refractivity contribution in [3.63, 3.8) is 0 Å². The number of aliphatic hydroxyl groups excluding tert-OH is 1. The third-order valence-corrected chi connectivity index (χ3v) is 2.20. The molecule has 1 aliphatic heterocycles. The van der Waals surface area contributed by atoms with Gasteiger partial charge in [-0.15, -0.1) is 0 Å². The van der Waals surface area contributed by atoms with Gasteiger partial charge in [0.2, 0.25) is 11.8 Å². The summed E-state index contributed by atoms with van der Waals surface area (Å²) in [5, 5.41) is 9.30. The highest BCUT2D eigenvalue weighted by molar-refractivity contribution is 5.94. The minimum absolute atomic E-state index is 0.137. The van der Waals surface area contributed by atoms with Crippen LogP contribution >= 0.6 is 0 Å². The minimum atomic E-state index is -0.610. The summed E-state index contributed by atoms with van der Waals surface area (Å²) in [5.41, 5.74) is 0. The standard InChI is InChI=1S/C9H11N3O3/c1-15-8-4-10-7(3-11-8)12-5-6(13)2-9(12)14/h3-4,6,13H,2,5H2,1H3. The average molecular weight is 209 g/mol. The van der Waals surface area contributed by atoms with E-state index in [-0.39, 0.29) is 18.9 Å². The van der Waals surface area contributed by atoms with Crippen molar-refractivity contribution in [2.24, 2.45) is 0 Å². The predicted octanol–water partition coefficient (Wildman–Crippen LogP) is -0.417. The van der Waals surface area contributed by atoms with E-state index in [1.165, 1.54) is 24.4 Å². The van der Waals surface area contributed by atoms with Crippen LogP contribution in [0.5, 0.6) is 5.88 Å². The topological polar surface area (TPSA) is 75.6 Å². The zero-order valence-electron chi connectivity index (χ0n) is 8.25. The van der Waals surface area contributed by atoms with Crippen LogP contribution in [0, 0.1) is 0 Å². The normalized spacial score (nSPS) is 20.8. The van der Waals surface area contributed by atoms with Crippen LogP contribution in [-0.4, -0.2) is 40.7 Å². The molecule has 15 heavy (non-hydrogen) atoms. The fraction of sp³-hybridized carbons (Fsp3) is 0.444. The second-order valence-electron chi connectivity index (χ2n) is 3.28. The van der Waals surface area contributed by atoms with Gasteiger partial charge in [-0.1, -0.05) is 0 Å². The Balaban J connectivity index is 2.19. The van der Waals surface area contributed by atoms with Crippen LogP contribution in [0.4, 0.5) is 5.82 Å². The molecule has 1 amide bonds. The first kappa shape index (κ1) is 9.85. The number of carbonyl (C=O) groups is 1. The largest absolute Gasteiger partial charge is 0.480 e. The molecule has 0 saturated carbocycles. The van der Waals surface area contributed by atoms with E-state index in [0.29, 0.717) is 11.7 Å². The van der Waals surface area contributed by atoms with Crippen molar-refractivity contribution in [1.29, 1.82) is 0 Å². The maximum Gasteiger partial charge on any atom is 0.232 e. The van der Waals surface area contributed by atoms with Crippen molar-refractivity contribution in [2.75, 3.05) is 18.6 Å². The number of carbonyl (C=O) groups excluding carboxylic acids is 1. The van der Waals surface area contributed by atoms with Crippen LogP contribution in [0.1, 0.15) is 6.42 Å². The highest BCUT2D eigenvalue weighted by atomic mass is 16.5. The number of amides is 1. The number of β-amino-alcohol motifs (C(OH)–C–C–N with tert-alkyl or cyclic N) is 1. The molecule has 0 aromatic carbocycles. The number of aromatic nitrogens is 2. The molecule has 1 aromatic heterocycles. The van der Waals surface area contributed by atoms with Crippen LogP contribution in [0.2, 0.25) is 0 Å². The van der Waals surface area contributed by atoms with Crippen molar-refractivity contribution in [3.8, 4) is 5.88 Å². The van der Waals surface area contributed by atoms with E-state index in [9.17, 15) is 9.90 Å². The first-order valence-corrected chi connectivity index (χ1v) is 4.55. The number of anilines is 1. The maximum absolute atomic E-state index is 11.4. The van der Waals surface area contributed by atoms with Gasteiger partial charge in [-0.05, 0) is 0 Å². The maximum atomic E-state index is 11.4. The lowest BCUT2D eigenvalue weighted by Crippen LogP contribution is -2.26. The summed E-state index contributed by atoms with van der Waals surface area (Å²) in [4.78, 5) is 20.8. The fourth-order valence-corrected chi connectivity index (χ4v) is 1.46. The van der Waals surface area contributed by atoms with E-state index < -0.39 is 6.10 Å². The van der Waals surface area contributed by atoms with Gasteiger partial charge in [0.25, 0.3) is 0 Å². The fourth-order valence-electron chi connectivity index (χ4n) is 1.46. The molecule has 1 aliphatic rings. The lowest BCUT2D eigenvalue weighted by atomic mass is 10.3. The van der Waals surface area contributed by atoms with Crippen molar-refractivity contribution < 1.29 is 14.6 Å². The number of rotatable bonds is 2. The third-order valence-electron chi connectivity index (χ3n) is 2.20. The lowest BCUT2D eigenvalue weighted by Gasteiger charge is -2.13. The van der Waals surface area contributed by atoms with E-state index in [2.05, 4.69) is 9.97 Å². The number of hydrogen-bond acceptors (Lipinski definition) is 5. The molecule has 6 heteroatoms. The molecule has 0 spiro atoms. The van der Waals surface area contributed by atoms with E-state index in [1.807, 2.05) is 0 Å². The van der Waals surface area contributed by atoms with Gasteiger partial charge < -0.3 is 9.84 Å². The van der Waals surface area contributed by atoms with Gasteiger partial charge in [0.15, 0.2) is 5.82 Å². The molecule has 1 saturated heterocycles. The lowest BCUT2D eigenvalue weighted by molar-refractivity contribution is -0.117. The quantitative estimate of drug-likeness (QED) is 0.716. The van der Waals surface area contributed by atoms with Crippen molar-refractivity contribution >= 4 is 11.7 Å². The van der Waals surface area contributed by atoms with Gasteiger partial charge in [-0.25, -0.2) is 9.97 Å². The van der Waals surface area contributed by atoms with E-state index in [0.717, 1.165) is 0 Å². The number of hydrogen-bond donors (Lipinski definition) is 1. The molecular formula is C9H11N3O3. The second kappa shape index (κ2) is 3.82. The van der Waals surface area contributed by atoms with Crippen molar-refractivity contribution in [3.05, 3.63) is 12.4 Å². The molecule has 1 N–H and O–H groups in total. The number of nitrogens with zero attached hydrogens (tertiary/aromatic N) is 3. The Kier molecular flexibility index (Phi) is 2.51. The Morgan fingerprint density at radius 3 is 2.80 bits per heavy atom. The molecule has 1 fully saturated rings. The Bertz CT molecular complexity index is 365.